The standard InChI is InChI=1S/C21H22N2O2S/c1-14-8-6-10-19(16(14)3)25-12-20(24)22-11-17-13-26-21(23-17)18-9-5-4-7-15(18)2/h4-10,13H,11-12H2,1-3H3,(H,22,24). The number of hydrogen-bond donors (Lipinski definition) is 1. The lowest BCUT2D eigenvalue weighted by Crippen LogP contribution is -2.28. The van der Waals surface area contributed by atoms with Gasteiger partial charge in [-0.05, 0) is 43.5 Å². The normalized spacial score (nSPS) is 10.6. The Morgan fingerprint density at radius 3 is 2.65 bits per heavy atom. The Kier molecular flexibility index (Phi) is 5.68. The van der Waals surface area contributed by atoms with Crippen molar-refractivity contribution in [3.63, 3.8) is 0 Å². The number of thiazole rings is 1. The van der Waals surface area contributed by atoms with Gasteiger partial charge in [-0.1, -0.05) is 36.4 Å². The predicted octanol–water partition coefficient (Wildman–Crippen LogP) is 4.43. The van der Waals surface area contributed by atoms with E-state index in [0.29, 0.717) is 6.54 Å². The van der Waals surface area contributed by atoms with Gasteiger partial charge in [-0.15, -0.1) is 11.3 Å². The highest BCUT2D eigenvalue weighted by atomic mass is 32.1. The zero-order valence-corrected chi connectivity index (χ0v) is 16.0. The molecule has 1 amide bonds. The van der Waals surface area contributed by atoms with Crippen molar-refractivity contribution in [1.82, 2.24) is 10.3 Å². The van der Waals surface area contributed by atoms with E-state index in [-0.39, 0.29) is 12.5 Å². The van der Waals surface area contributed by atoms with Crippen LogP contribution >= 0.6 is 11.3 Å². The molecule has 1 heterocycles. The average molecular weight is 366 g/mol. The summed E-state index contributed by atoms with van der Waals surface area (Å²) in [7, 11) is 0. The molecule has 3 aromatic rings. The number of aryl methyl sites for hydroxylation is 2. The van der Waals surface area contributed by atoms with Crippen LogP contribution in [0.25, 0.3) is 10.6 Å². The molecule has 0 fully saturated rings. The van der Waals surface area contributed by atoms with Gasteiger partial charge in [-0.3, -0.25) is 4.79 Å². The number of benzene rings is 2. The van der Waals surface area contributed by atoms with E-state index < -0.39 is 0 Å². The average Bonchev–Trinajstić information content (AvgIpc) is 3.10. The summed E-state index contributed by atoms with van der Waals surface area (Å²) in [6.45, 7) is 6.49. The molecule has 3 rings (SSSR count). The molecule has 0 aliphatic rings. The molecular formula is C21H22N2O2S. The molecule has 0 unspecified atom stereocenters. The lowest BCUT2D eigenvalue weighted by Gasteiger charge is -2.10. The van der Waals surface area contributed by atoms with Crippen molar-refractivity contribution in [2.24, 2.45) is 0 Å². The number of rotatable bonds is 6. The van der Waals surface area contributed by atoms with Crippen molar-refractivity contribution in [1.29, 1.82) is 0 Å². The van der Waals surface area contributed by atoms with E-state index in [1.807, 2.05) is 49.6 Å². The summed E-state index contributed by atoms with van der Waals surface area (Å²) in [5.74, 6) is 0.590. The van der Waals surface area contributed by atoms with Crippen LogP contribution in [0.2, 0.25) is 0 Å². The Bertz CT molecular complexity index is 918. The molecule has 0 atom stereocenters. The number of aromatic nitrogens is 1. The highest BCUT2D eigenvalue weighted by molar-refractivity contribution is 7.13. The van der Waals surface area contributed by atoms with Crippen molar-refractivity contribution in [3.8, 4) is 16.3 Å². The molecule has 1 aromatic heterocycles. The maximum atomic E-state index is 12.1. The third kappa shape index (κ3) is 4.29. The first-order valence-corrected chi connectivity index (χ1v) is 9.38. The summed E-state index contributed by atoms with van der Waals surface area (Å²) in [6, 6.07) is 14.0. The summed E-state index contributed by atoms with van der Waals surface area (Å²) in [5.41, 5.74) is 5.39. The molecule has 0 radical (unpaired) electrons. The van der Waals surface area contributed by atoms with Crippen LogP contribution in [-0.2, 0) is 11.3 Å². The van der Waals surface area contributed by atoms with Crippen LogP contribution in [-0.4, -0.2) is 17.5 Å². The third-order valence-corrected chi connectivity index (χ3v) is 5.23. The lowest BCUT2D eigenvalue weighted by molar-refractivity contribution is -0.123. The van der Waals surface area contributed by atoms with Gasteiger partial charge in [0.2, 0.25) is 0 Å². The van der Waals surface area contributed by atoms with Crippen LogP contribution in [0, 0.1) is 20.8 Å². The van der Waals surface area contributed by atoms with Gasteiger partial charge in [0.25, 0.3) is 5.91 Å². The molecule has 0 aliphatic carbocycles. The number of carbonyl (C=O) groups excluding carboxylic acids is 1. The Labute approximate surface area is 157 Å². The molecule has 2 aromatic carbocycles. The second-order valence-corrected chi connectivity index (χ2v) is 7.08. The fraction of sp³-hybridized carbons (Fsp3) is 0.238. The summed E-state index contributed by atoms with van der Waals surface area (Å²) in [5, 5.41) is 5.81. The zero-order valence-electron chi connectivity index (χ0n) is 15.2. The van der Waals surface area contributed by atoms with E-state index in [4.69, 9.17) is 4.74 Å². The first-order valence-electron chi connectivity index (χ1n) is 8.50. The highest BCUT2D eigenvalue weighted by Gasteiger charge is 2.09. The fourth-order valence-corrected chi connectivity index (χ4v) is 3.50. The van der Waals surface area contributed by atoms with Gasteiger partial charge >= 0.3 is 0 Å². The molecule has 5 heteroatoms. The van der Waals surface area contributed by atoms with Crippen LogP contribution in [0.3, 0.4) is 0 Å². The molecular weight excluding hydrogens is 344 g/mol. The minimum Gasteiger partial charge on any atom is -0.483 e. The molecule has 0 aliphatic heterocycles. The van der Waals surface area contributed by atoms with E-state index in [9.17, 15) is 4.79 Å². The number of nitrogens with zero attached hydrogens (tertiary/aromatic N) is 1. The van der Waals surface area contributed by atoms with Crippen LogP contribution < -0.4 is 10.1 Å². The Morgan fingerprint density at radius 2 is 1.85 bits per heavy atom. The van der Waals surface area contributed by atoms with Gasteiger partial charge in [-0.25, -0.2) is 4.98 Å². The van der Waals surface area contributed by atoms with Crippen LogP contribution in [0.5, 0.6) is 5.75 Å². The second kappa shape index (κ2) is 8.15. The lowest BCUT2D eigenvalue weighted by atomic mass is 10.1. The number of hydrogen-bond acceptors (Lipinski definition) is 4. The number of amides is 1. The Balaban J connectivity index is 1.54. The molecule has 134 valence electrons. The zero-order chi connectivity index (χ0) is 18.5. The number of nitrogens with one attached hydrogen (secondary N) is 1. The van der Waals surface area contributed by atoms with E-state index in [1.54, 1.807) is 11.3 Å². The van der Waals surface area contributed by atoms with E-state index in [0.717, 1.165) is 33.1 Å². The maximum Gasteiger partial charge on any atom is 0.258 e. The van der Waals surface area contributed by atoms with Gasteiger partial charge in [0.15, 0.2) is 6.61 Å². The third-order valence-electron chi connectivity index (χ3n) is 4.31. The van der Waals surface area contributed by atoms with E-state index in [2.05, 4.69) is 29.4 Å². The maximum absolute atomic E-state index is 12.1. The monoisotopic (exact) mass is 366 g/mol. The minimum atomic E-state index is -0.156. The second-order valence-electron chi connectivity index (χ2n) is 6.22. The SMILES string of the molecule is Cc1ccccc1-c1nc(CNC(=O)COc2cccc(C)c2C)cs1. The first-order chi connectivity index (χ1) is 12.5. The van der Waals surface area contributed by atoms with Crippen molar-refractivity contribution >= 4 is 17.2 Å². The van der Waals surface area contributed by atoms with Gasteiger partial charge < -0.3 is 10.1 Å². The molecule has 4 nitrogen and oxygen atoms in total. The molecule has 26 heavy (non-hydrogen) atoms. The van der Waals surface area contributed by atoms with Crippen molar-refractivity contribution in [2.75, 3.05) is 6.61 Å². The molecule has 1 N–H and O–H groups in total. The predicted molar refractivity (Wildman–Crippen MR) is 106 cm³/mol. The quantitative estimate of drug-likeness (QED) is 0.702. The largest absolute Gasteiger partial charge is 0.483 e. The molecule has 0 saturated heterocycles. The topological polar surface area (TPSA) is 51.2 Å². The van der Waals surface area contributed by atoms with Crippen molar-refractivity contribution in [3.05, 3.63) is 70.2 Å². The van der Waals surface area contributed by atoms with Crippen molar-refractivity contribution in [2.45, 2.75) is 27.3 Å². The van der Waals surface area contributed by atoms with Gasteiger partial charge in [0.1, 0.15) is 10.8 Å². The summed E-state index contributed by atoms with van der Waals surface area (Å²) in [6.07, 6.45) is 0. The number of ether oxygens (including phenoxy) is 1. The summed E-state index contributed by atoms with van der Waals surface area (Å²) in [4.78, 5) is 16.7. The summed E-state index contributed by atoms with van der Waals surface area (Å²) < 4.78 is 5.63. The smallest absolute Gasteiger partial charge is 0.258 e. The number of carbonyl (C=O) groups is 1. The minimum absolute atomic E-state index is 0.000912. The first kappa shape index (κ1) is 18.1. The van der Waals surface area contributed by atoms with Crippen molar-refractivity contribution < 1.29 is 9.53 Å². The molecule has 0 spiro atoms. The Hall–Kier alpha value is -2.66. The Morgan fingerprint density at radius 1 is 1.08 bits per heavy atom. The van der Waals surface area contributed by atoms with Crippen LogP contribution in [0.15, 0.2) is 47.8 Å². The summed E-state index contributed by atoms with van der Waals surface area (Å²) >= 11 is 1.59. The van der Waals surface area contributed by atoms with E-state index >= 15 is 0 Å². The molecule has 0 bridgehead atoms. The highest BCUT2D eigenvalue weighted by Crippen LogP contribution is 2.26. The van der Waals surface area contributed by atoms with Gasteiger partial charge in [0.05, 0.1) is 12.2 Å². The van der Waals surface area contributed by atoms with Gasteiger partial charge in [-0.2, -0.15) is 0 Å². The van der Waals surface area contributed by atoms with Crippen LogP contribution in [0.4, 0.5) is 0 Å². The van der Waals surface area contributed by atoms with Gasteiger partial charge in [0, 0.05) is 10.9 Å². The van der Waals surface area contributed by atoms with E-state index in [1.165, 1.54) is 5.56 Å². The molecule has 0 saturated carbocycles. The fourth-order valence-electron chi connectivity index (χ4n) is 2.59. The van der Waals surface area contributed by atoms with Crippen LogP contribution in [0.1, 0.15) is 22.4 Å².